The molecule has 98 valence electrons. The van der Waals surface area contributed by atoms with Crippen LogP contribution in [0, 0.1) is 5.82 Å². The molecule has 0 aliphatic rings. The Morgan fingerprint density at radius 2 is 1.89 bits per heavy atom. The third-order valence-corrected chi connectivity index (χ3v) is 2.74. The van der Waals surface area contributed by atoms with Crippen molar-refractivity contribution in [2.45, 2.75) is 13.0 Å². The molecule has 0 saturated carbocycles. The second kappa shape index (κ2) is 5.63. The fourth-order valence-electron chi connectivity index (χ4n) is 1.68. The average molecular weight is 259 g/mol. The van der Waals surface area contributed by atoms with Crippen LogP contribution in [0.5, 0.6) is 0 Å². The molecule has 0 saturated heterocycles. The normalized spacial score (nSPS) is 11.9. The number of rotatable bonds is 3. The molecule has 0 aliphatic heterocycles. The van der Waals surface area contributed by atoms with Crippen molar-refractivity contribution in [1.82, 2.24) is 0 Å². The molecule has 2 aromatic rings. The molecule has 0 fully saturated rings. The Kier molecular flexibility index (Phi) is 3.92. The van der Waals surface area contributed by atoms with E-state index in [2.05, 4.69) is 5.32 Å². The van der Waals surface area contributed by atoms with Gasteiger partial charge in [-0.05, 0) is 42.8 Å². The summed E-state index contributed by atoms with van der Waals surface area (Å²) >= 11 is 0. The number of aliphatic hydroxyl groups is 1. The summed E-state index contributed by atoms with van der Waals surface area (Å²) in [7, 11) is 0. The van der Waals surface area contributed by atoms with Gasteiger partial charge in [0, 0.05) is 11.3 Å². The molecule has 1 atom stereocenters. The molecule has 1 unspecified atom stereocenters. The summed E-state index contributed by atoms with van der Waals surface area (Å²) in [6.45, 7) is 1.67. The Balaban J connectivity index is 2.10. The van der Waals surface area contributed by atoms with Gasteiger partial charge in [0.25, 0.3) is 5.91 Å². The van der Waals surface area contributed by atoms with E-state index in [-0.39, 0.29) is 11.5 Å². The van der Waals surface area contributed by atoms with E-state index in [1.807, 2.05) is 0 Å². The second-order valence-corrected chi connectivity index (χ2v) is 4.26. The molecule has 19 heavy (non-hydrogen) atoms. The van der Waals surface area contributed by atoms with Crippen molar-refractivity contribution in [3.63, 3.8) is 0 Å². The molecule has 2 aromatic carbocycles. The van der Waals surface area contributed by atoms with Crippen LogP contribution in [0.2, 0.25) is 0 Å². The minimum atomic E-state index is -0.548. The molecule has 4 heteroatoms. The lowest BCUT2D eigenvalue weighted by atomic mass is 10.1. The lowest BCUT2D eigenvalue weighted by Crippen LogP contribution is -2.12. The molecule has 2 rings (SSSR count). The molecule has 0 spiro atoms. The van der Waals surface area contributed by atoms with E-state index in [0.29, 0.717) is 5.69 Å². The maximum Gasteiger partial charge on any atom is 0.255 e. The van der Waals surface area contributed by atoms with E-state index < -0.39 is 11.9 Å². The Hall–Kier alpha value is -2.20. The molecular weight excluding hydrogens is 245 g/mol. The molecular formula is C15H14FNO2. The monoisotopic (exact) mass is 259 g/mol. The summed E-state index contributed by atoms with van der Waals surface area (Å²) in [5.74, 6) is -0.818. The number of aliphatic hydroxyl groups excluding tert-OH is 1. The summed E-state index contributed by atoms with van der Waals surface area (Å²) in [4.78, 5) is 11.9. The topological polar surface area (TPSA) is 49.3 Å². The van der Waals surface area contributed by atoms with Gasteiger partial charge in [-0.1, -0.05) is 18.2 Å². The van der Waals surface area contributed by atoms with Crippen LogP contribution in [0.15, 0.2) is 48.5 Å². The van der Waals surface area contributed by atoms with Crippen LogP contribution in [-0.4, -0.2) is 11.0 Å². The van der Waals surface area contributed by atoms with Crippen LogP contribution in [-0.2, 0) is 0 Å². The zero-order valence-corrected chi connectivity index (χ0v) is 10.4. The van der Waals surface area contributed by atoms with Crippen LogP contribution in [0.3, 0.4) is 0 Å². The highest BCUT2D eigenvalue weighted by atomic mass is 19.1. The zero-order chi connectivity index (χ0) is 13.8. The second-order valence-electron chi connectivity index (χ2n) is 4.26. The van der Waals surface area contributed by atoms with Gasteiger partial charge in [-0.2, -0.15) is 0 Å². The maximum absolute atomic E-state index is 13.0. The van der Waals surface area contributed by atoms with E-state index in [1.54, 1.807) is 37.3 Å². The van der Waals surface area contributed by atoms with E-state index in [1.165, 1.54) is 18.2 Å². The Morgan fingerprint density at radius 1 is 1.21 bits per heavy atom. The number of hydrogen-bond acceptors (Lipinski definition) is 2. The van der Waals surface area contributed by atoms with E-state index in [0.717, 1.165) is 5.56 Å². The van der Waals surface area contributed by atoms with Crippen molar-refractivity contribution in [3.8, 4) is 0 Å². The Morgan fingerprint density at radius 3 is 2.47 bits per heavy atom. The minimum absolute atomic E-state index is 0.264. The standard InChI is InChI=1S/C15H14FNO2/c1-10(18)11-5-7-14(8-6-11)17-15(19)12-3-2-4-13(16)9-12/h2-10,18H,1H3,(H,17,19). The first-order valence-electron chi connectivity index (χ1n) is 5.91. The number of halogens is 1. The fraction of sp³-hybridized carbons (Fsp3) is 0.133. The van der Waals surface area contributed by atoms with Crippen LogP contribution in [0.4, 0.5) is 10.1 Å². The van der Waals surface area contributed by atoms with Crippen molar-refractivity contribution in [2.75, 3.05) is 5.32 Å². The van der Waals surface area contributed by atoms with Gasteiger partial charge in [0.1, 0.15) is 5.82 Å². The summed E-state index contributed by atoms with van der Waals surface area (Å²) in [6.07, 6.45) is -0.548. The maximum atomic E-state index is 13.0. The molecule has 1 amide bonds. The zero-order valence-electron chi connectivity index (χ0n) is 10.4. The summed E-state index contributed by atoms with van der Waals surface area (Å²) in [5, 5.41) is 12.0. The fourth-order valence-corrected chi connectivity index (χ4v) is 1.68. The van der Waals surface area contributed by atoms with E-state index >= 15 is 0 Å². The van der Waals surface area contributed by atoms with Crippen LogP contribution in [0.25, 0.3) is 0 Å². The Bertz CT molecular complexity index is 579. The van der Waals surface area contributed by atoms with Crippen molar-refractivity contribution < 1.29 is 14.3 Å². The van der Waals surface area contributed by atoms with Gasteiger partial charge in [-0.25, -0.2) is 4.39 Å². The van der Waals surface area contributed by atoms with Crippen LogP contribution >= 0.6 is 0 Å². The van der Waals surface area contributed by atoms with Gasteiger partial charge < -0.3 is 10.4 Å². The highest BCUT2D eigenvalue weighted by molar-refractivity contribution is 6.04. The molecule has 0 heterocycles. The van der Waals surface area contributed by atoms with Gasteiger partial charge >= 0.3 is 0 Å². The van der Waals surface area contributed by atoms with Crippen molar-refractivity contribution in [3.05, 3.63) is 65.5 Å². The predicted octanol–water partition coefficient (Wildman–Crippen LogP) is 3.13. The summed E-state index contributed by atoms with van der Waals surface area (Å²) in [6, 6.07) is 12.3. The molecule has 0 bridgehead atoms. The number of carbonyl (C=O) groups is 1. The first-order valence-corrected chi connectivity index (χ1v) is 5.91. The van der Waals surface area contributed by atoms with E-state index in [4.69, 9.17) is 0 Å². The number of nitrogens with one attached hydrogen (secondary N) is 1. The van der Waals surface area contributed by atoms with Crippen LogP contribution < -0.4 is 5.32 Å². The average Bonchev–Trinajstić information content (AvgIpc) is 2.39. The first kappa shape index (κ1) is 13.2. The van der Waals surface area contributed by atoms with Gasteiger partial charge in [0.2, 0.25) is 0 Å². The third-order valence-electron chi connectivity index (χ3n) is 2.74. The SMILES string of the molecule is CC(O)c1ccc(NC(=O)c2cccc(F)c2)cc1. The molecule has 0 aliphatic carbocycles. The first-order chi connectivity index (χ1) is 9.06. The van der Waals surface area contributed by atoms with E-state index in [9.17, 15) is 14.3 Å². The molecule has 2 N–H and O–H groups in total. The Labute approximate surface area is 110 Å². The lowest BCUT2D eigenvalue weighted by molar-refractivity contribution is 0.102. The number of amides is 1. The summed E-state index contributed by atoms with van der Waals surface area (Å²) < 4.78 is 13.0. The van der Waals surface area contributed by atoms with Gasteiger partial charge in [0.05, 0.1) is 6.10 Å². The summed E-state index contributed by atoms with van der Waals surface area (Å²) in [5.41, 5.74) is 1.63. The highest BCUT2D eigenvalue weighted by Gasteiger charge is 2.07. The van der Waals surface area contributed by atoms with Crippen molar-refractivity contribution in [1.29, 1.82) is 0 Å². The molecule has 0 radical (unpaired) electrons. The number of anilines is 1. The predicted molar refractivity (Wildman–Crippen MR) is 71.4 cm³/mol. The lowest BCUT2D eigenvalue weighted by Gasteiger charge is -2.08. The van der Waals surface area contributed by atoms with Gasteiger partial charge in [-0.15, -0.1) is 0 Å². The quantitative estimate of drug-likeness (QED) is 0.889. The molecule has 3 nitrogen and oxygen atoms in total. The minimum Gasteiger partial charge on any atom is -0.389 e. The number of benzene rings is 2. The van der Waals surface area contributed by atoms with Crippen LogP contribution in [0.1, 0.15) is 28.9 Å². The third kappa shape index (κ3) is 3.39. The van der Waals surface area contributed by atoms with Gasteiger partial charge in [0.15, 0.2) is 0 Å². The molecule has 0 aromatic heterocycles. The van der Waals surface area contributed by atoms with Gasteiger partial charge in [-0.3, -0.25) is 4.79 Å². The number of hydrogen-bond donors (Lipinski definition) is 2. The van der Waals surface area contributed by atoms with Crippen molar-refractivity contribution >= 4 is 11.6 Å². The number of carbonyl (C=O) groups excluding carboxylic acids is 1. The highest BCUT2D eigenvalue weighted by Crippen LogP contribution is 2.16. The largest absolute Gasteiger partial charge is 0.389 e. The smallest absolute Gasteiger partial charge is 0.255 e. The van der Waals surface area contributed by atoms with Crippen molar-refractivity contribution in [2.24, 2.45) is 0 Å².